The molecule has 1 unspecified atom stereocenters. The van der Waals surface area contributed by atoms with Crippen LogP contribution in [0.25, 0.3) is 0 Å². The highest BCUT2D eigenvalue weighted by atomic mass is 16.2. The zero-order chi connectivity index (χ0) is 12.8. The summed E-state index contributed by atoms with van der Waals surface area (Å²) in [5.41, 5.74) is 5.86. The molecule has 1 fully saturated rings. The molecule has 1 aliphatic rings. The smallest absolute Gasteiger partial charge is 0.236 e. The maximum atomic E-state index is 12.2. The Morgan fingerprint density at radius 2 is 2.00 bits per heavy atom. The monoisotopic (exact) mass is 241 g/mol. The Labute approximate surface area is 105 Å². The first-order chi connectivity index (χ1) is 8.08. The number of carbonyl (C=O) groups excluding carboxylic acids is 1. The van der Waals surface area contributed by atoms with E-state index in [0.717, 1.165) is 38.9 Å². The van der Waals surface area contributed by atoms with E-state index < -0.39 is 0 Å². The van der Waals surface area contributed by atoms with Crippen LogP contribution in [0.3, 0.4) is 0 Å². The normalized spacial score (nSPS) is 20.2. The second kappa shape index (κ2) is 6.97. The highest BCUT2D eigenvalue weighted by Gasteiger charge is 2.22. The van der Waals surface area contributed by atoms with Gasteiger partial charge in [-0.05, 0) is 33.1 Å². The summed E-state index contributed by atoms with van der Waals surface area (Å²) in [5, 5.41) is 0. The van der Waals surface area contributed by atoms with Gasteiger partial charge in [-0.25, -0.2) is 0 Å². The molecule has 1 rings (SSSR count). The van der Waals surface area contributed by atoms with Crippen LogP contribution in [0.2, 0.25) is 0 Å². The minimum Gasteiger partial charge on any atom is -0.339 e. The minimum absolute atomic E-state index is 0.261. The van der Waals surface area contributed by atoms with Gasteiger partial charge in [-0.15, -0.1) is 0 Å². The van der Waals surface area contributed by atoms with E-state index in [1.807, 2.05) is 4.90 Å². The summed E-state index contributed by atoms with van der Waals surface area (Å²) in [6, 6.07) is 0.678. The number of hydrogen-bond donors (Lipinski definition) is 1. The molecule has 17 heavy (non-hydrogen) atoms. The number of likely N-dealkylation sites (N-methyl/N-ethyl adjacent to an activating group) is 1. The third-order valence-electron chi connectivity index (χ3n) is 3.78. The summed E-state index contributed by atoms with van der Waals surface area (Å²) in [7, 11) is 0. The largest absolute Gasteiger partial charge is 0.339 e. The SMILES string of the molecule is CCC(C)N(CC)C(=O)CN1CCC(N)CC1. The molecule has 1 saturated heterocycles. The first kappa shape index (κ1) is 14.5. The predicted molar refractivity (Wildman–Crippen MR) is 70.8 cm³/mol. The van der Waals surface area contributed by atoms with Crippen LogP contribution < -0.4 is 5.73 Å². The Hall–Kier alpha value is -0.610. The molecule has 1 amide bonds. The van der Waals surface area contributed by atoms with E-state index in [1.165, 1.54) is 0 Å². The molecule has 0 aromatic rings. The quantitative estimate of drug-likeness (QED) is 0.783. The Morgan fingerprint density at radius 3 is 2.47 bits per heavy atom. The molecule has 4 heteroatoms. The summed E-state index contributed by atoms with van der Waals surface area (Å²) in [6.07, 6.45) is 3.05. The van der Waals surface area contributed by atoms with Gasteiger partial charge in [0, 0.05) is 31.7 Å². The van der Waals surface area contributed by atoms with Gasteiger partial charge in [0.2, 0.25) is 5.91 Å². The van der Waals surface area contributed by atoms with Crippen molar-refractivity contribution in [2.45, 2.75) is 52.1 Å². The Morgan fingerprint density at radius 1 is 1.41 bits per heavy atom. The maximum Gasteiger partial charge on any atom is 0.236 e. The summed E-state index contributed by atoms with van der Waals surface area (Å²) < 4.78 is 0. The Kier molecular flexibility index (Phi) is 5.92. The van der Waals surface area contributed by atoms with Gasteiger partial charge < -0.3 is 10.6 Å². The standard InChI is InChI=1S/C13H27N3O/c1-4-11(3)16(5-2)13(17)10-15-8-6-12(14)7-9-15/h11-12H,4-10,14H2,1-3H3. The molecule has 0 aromatic carbocycles. The summed E-state index contributed by atoms with van der Waals surface area (Å²) in [4.78, 5) is 16.4. The third-order valence-corrected chi connectivity index (χ3v) is 3.78. The Bertz CT molecular complexity index is 237. The number of nitrogens with zero attached hydrogens (tertiary/aromatic N) is 2. The molecule has 0 aliphatic carbocycles. The van der Waals surface area contributed by atoms with E-state index in [0.29, 0.717) is 18.6 Å². The van der Waals surface area contributed by atoms with Gasteiger partial charge in [0.25, 0.3) is 0 Å². The zero-order valence-corrected chi connectivity index (χ0v) is 11.5. The van der Waals surface area contributed by atoms with Crippen molar-refractivity contribution in [3.8, 4) is 0 Å². The molecule has 100 valence electrons. The molecule has 0 radical (unpaired) electrons. The molecule has 2 N–H and O–H groups in total. The Balaban J connectivity index is 2.41. The van der Waals surface area contributed by atoms with Gasteiger partial charge in [-0.1, -0.05) is 6.92 Å². The van der Waals surface area contributed by atoms with E-state index in [2.05, 4.69) is 25.7 Å². The van der Waals surface area contributed by atoms with Crippen LogP contribution in [-0.4, -0.2) is 54.0 Å². The van der Waals surface area contributed by atoms with Crippen molar-refractivity contribution in [1.29, 1.82) is 0 Å². The number of amides is 1. The summed E-state index contributed by atoms with van der Waals surface area (Å²) in [5.74, 6) is 0.261. The topological polar surface area (TPSA) is 49.6 Å². The lowest BCUT2D eigenvalue weighted by molar-refractivity contribution is -0.134. The van der Waals surface area contributed by atoms with Crippen molar-refractivity contribution in [3.63, 3.8) is 0 Å². The average Bonchev–Trinajstić information content (AvgIpc) is 2.32. The molecular formula is C13H27N3O. The maximum absolute atomic E-state index is 12.2. The highest BCUT2D eigenvalue weighted by molar-refractivity contribution is 5.78. The number of hydrogen-bond acceptors (Lipinski definition) is 3. The number of rotatable bonds is 5. The van der Waals surface area contributed by atoms with Crippen LogP contribution in [-0.2, 0) is 4.79 Å². The van der Waals surface area contributed by atoms with Gasteiger partial charge in [0.05, 0.1) is 6.54 Å². The van der Waals surface area contributed by atoms with Crippen molar-refractivity contribution in [1.82, 2.24) is 9.80 Å². The molecule has 0 bridgehead atoms. The minimum atomic E-state index is 0.261. The molecule has 1 aliphatic heterocycles. The number of nitrogens with two attached hydrogens (primary N) is 1. The van der Waals surface area contributed by atoms with Gasteiger partial charge in [-0.2, -0.15) is 0 Å². The predicted octanol–water partition coefficient (Wildman–Crippen LogP) is 1.06. The van der Waals surface area contributed by atoms with Crippen molar-refractivity contribution >= 4 is 5.91 Å². The number of piperidine rings is 1. The van der Waals surface area contributed by atoms with E-state index >= 15 is 0 Å². The van der Waals surface area contributed by atoms with E-state index in [4.69, 9.17) is 5.73 Å². The van der Waals surface area contributed by atoms with E-state index in [-0.39, 0.29) is 5.91 Å². The lowest BCUT2D eigenvalue weighted by Gasteiger charge is -2.33. The lowest BCUT2D eigenvalue weighted by Crippen LogP contribution is -2.47. The van der Waals surface area contributed by atoms with E-state index in [1.54, 1.807) is 0 Å². The van der Waals surface area contributed by atoms with Crippen LogP contribution in [0.15, 0.2) is 0 Å². The second-order valence-electron chi connectivity index (χ2n) is 5.05. The lowest BCUT2D eigenvalue weighted by atomic mass is 10.1. The van der Waals surface area contributed by atoms with Crippen LogP contribution in [0.5, 0.6) is 0 Å². The fraction of sp³-hybridized carbons (Fsp3) is 0.923. The van der Waals surface area contributed by atoms with Crippen LogP contribution >= 0.6 is 0 Å². The summed E-state index contributed by atoms with van der Waals surface area (Å²) >= 11 is 0. The van der Waals surface area contributed by atoms with E-state index in [9.17, 15) is 4.79 Å². The molecule has 0 aromatic heterocycles. The van der Waals surface area contributed by atoms with Crippen molar-refractivity contribution in [2.24, 2.45) is 5.73 Å². The first-order valence-corrected chi connectivity index (χ1v) is 6.85. The molecule has 1 heterocycles. The summed E-state index contributed by atoms with van der Waals surface area (Å²) in [6.45, 7) is 9.59. The number of carbonyl (C=O) groups is 1. The van der Waals surface area contributed by atoms with Crippen LogP contribution in [0, 0.1) is 0 Å². The van der Waals surface area contributed by atoms with Gasteiger partial charge in [-0.3, -0.25) is 9.69 Å². The van der Waals surface area contributed by atoms with Crippen molar-refractivity contribution < 1.29 is 4.79 Å². The fourth-order valence-electron chi connectivity index (χ4n) is 2.35. The molecule has 0 saturated carbocycles. The van der Waals surface area contributed by atoms with Crippen molar-refractivity contribution in [3.05, 3.63) is 0 Å². The van der Waals surface area contributed by atoms with Gasteiger partial charge in [0.1, 0.15) is 0 Å². The average molecular weight is 241 g/mol. The molecule has 0 spiro atoms. The van der Waals surface area contributed by atoms with Crippen molar-refractivity contribution in [2.75, 3.05) is 26.2 Å². The zero-order valence-electron chi connectivity index (χ0n) is 11.5. The fourth-order valence-corrected chi connectivity index (χ4v) is 2.35. The van der Waals surface area contributed by atoms with Gasteiger partial charge >= 0.3 is 0 Å². The molecular weight excluding hydrogens is 214 g/mol. The van der Waals surface area contributed by atoms with Crippen LogP contribution in [0.4, 0.5) is 0 Å². The molecule has 1 atom stereocenters. The second-order valence-corrected chi connectivity index (χ2v) is 5.05. The first-order valence-electron chi connectivity index (χ1n) is 6.85. The van der Waals surface area contributed by atoms with Gasteiger partial charge in [0.15, 0.2) is 0 Å². The number of likely N-dealkylation sites (tertiary alicyclic amines) is 1. The third kappa shape index (κ3) is 4.28. The van der Waals surface area contributed by atoms with Crippen LogP contribution in [0.1, 0.15) is 40.0 Å². The molecule has 4 nitrogen and oxygen atoms in total. The highest BCUT2D eigenvalue weighted by Crippen LogP contribution is 2.10.